The summed E-state index contributed by atoms with van der Waals surface area (Å²) in [5, 5.41) is 13.9. The summed E-state index contributed by atoms with van der Waals surface area (Å²) in [6, 6.07) is 0. The lowest BCUT2D eigenvalue weighted by atomic mass is 9.90. The molecule has 1 aliphatic rings. The maximum absolute atomic E-state index is 12.2. The van der Waals surface area contributed by atoms with Gasteiger partial charge in [-0.2, -0.15) is 0 Å². The van der Waals surface area contributed by atoms with Crippen molar-refractivity contribution in [2.45, 2.75) is 57.5 Å². The number of nitrogens with one attached hydrogen (secondary N) is 1. The Morgan fingerprint density at radius 1 is 1.33 bits per heavy atom. The number of carbonyl (C=O) groups is 2. The van der Waals surface area contributed by atoms with Crippen LogP contribution in [0.5, 0.6) is 0 Å². The van der Waals surface area contributed by atoms with E-state index in [0.717, 1.165) is 37.0 Å². The number of aromatic nitrogens is 1. The predicted octanol–water partition coefficient (Wildman–Crippen LogP) is 1.51. The van der Waals surface area contributed by atoms with E-state index in [9.17, 15) is 19.5 Å². The van der Waals surface area contributed by atoms with E-state index in [1.165, 1.54) is 4.57 Å². The normalized spacial score (nSPS) is 18.0. The first-order chi connectivity index (χ1) is 9.94. The van der Waals surface area contributed by atoms with Crippen LogP contribution in [0.2, 0.25) is 0 Å². The highest BCUT2D eigenvalue weighted by atomic mass is 32.1. The third-order valence-electron chi connectivity index (χ3n) is 4.02. The van der Waals surface area contributed by atoms with E-state index < -0.39 is 17.4 Å². The first-order valence-corrected chi connectivity index (χ1v) is 8.02. The van der Waals surface area contributed by atoms with E-state index in [2.05, 4.69) is 5.32 Å². The van der Waals surface area contributed by atoms with Gasteiger partial charge in [-0.15, -0.1) is 0 Å². The third kappa shape index (κ3) is 3.53. The number of carboxylic acids is 1. The topological polar surface area (TPSA) is 88.4 Å². The van der Waals surface area contributed by atoms with E-state index in [4.69, 9.17) is 0 Å². The zero-order valence-corrected chi connectivity index (χ0v) is 12.9. The van der Waals surface area contributed by atoms with Gasteiger partial charge in [0.25, 0.3) is 0 Å². The number of nitrogens with zero attached hydrogens (tertiary/aromatic N) is 1. The van der Waals surface area contributed by atoms with Gasteiger partial charge >= 0.3 is 10.8 Å². The quantitative estimate of drug-likeness (QED) is 0.825. The average Bonchev–Trinajstić information content (AvgIpc) is 2.66. The molecule has 0 saturated heterocycles. The molecule has 2 rings (SSSR count). The molecule has 1 saturated carbocycles. The molecule has 1 amide bonds. The van der Waals surface area contributed by atoms with Gasteiger partial charge in [-0.1, -0.05) is 37.0 Å². The van der Waals surface area contributed by atoms with Crippen LogP contribution in [0.25, 0.3) is 0 Å². The summed E-state index contributed by atoms with van der Waals surface area (Å²) < 4.78 is 1.37. The number of aryl methyl sites for hydroxylation is 1. The van der Waals surface area contributed by atoms with Crippen molar-refractivity contribution < 1.29 is 14.7 Å². The lowest BCUT2D eigenvalue weighted by molar-refractivity contribution is -0.148. The van der Waals surface area contributed by atoms with Gasteiger partial charge < -0.3 is 10.4 Å². The van der Waals surface area contributed by atoms with Gasteiger partial charge in [0.15, 0.2) is 0 Å². The fraction of sp³-hybridized carbons (Fsp3) is 0.643. The van der Waals surface area contributed by atoms with Crippen LogP contribution in [0.3, 0.4) is 0 Å². The Hall–Kier alpha value is -1.63. The van der Waals surface area contributed by atoms with E-state index in [-0.39, 0.29) is 11.4 Å². The molecule has 0 radical (unpaired) electrons. The van der Waals surface area contributed by atoms with Crippen molar-refractivity contribution in [1.29, 1.82) is 0 Å². The number of hydrogen-bond donors (Lipinski definition) is 2. The third-order valence-corrected chi connectivity index (χ3v) is 4.90. The maximum Gasteiger partial charge on any atom is 0.329 e. The molecule has 0 atom stereocenters. The molecule has 1 aromatic heterocycles. The van der Waals surface area contributed by atoms with E-state index in [1.54, 1.807) is 12.3 Å². The Morgan fingerprint density at radius 2 is 1.95 bits per heavy atom. The summed E-state index contributed by atoms with van der Waals surface area (Å²) in [5.74, 6) is -1.39. The first kappa shape index (κ1) is 15.8. The Balaban J connectivity index is 2.12. The second-order valence-electron chi connectivity index (χ2n) is 5.58. The van der Waals surface area contributed by atoms with Crippen molar-refractivity contribution in [3.63, 3.8) is 0 Å². The molecule has 1 fully saturated rings. The number of carboxylic acid groups (broad SMARTS) is 1. The average molecular weight is 312 g/mol. The molecular formula is C14H20N2O4S. The second kappa shape index (κ2) is 6.43. The first-order valence-electron chi connectivity index (χ1n) is 7.14. The summed E-state index contributed by atoms with van der Waals surface area (Å²) in [6.07, 6.45) is 4.48. The van der Waals surface area contributed by atoms with Crippen molar-refractivity contribution in [3.8, 4) is 0 Å². The zero-order chi connectivity index (χ0) is 15.5. The van der Waals surface area contributed by atoms with Crippen molar-refractivity contribution in [1.82, 2.24) is 9.88 Å². The smallest absolute Gasteiger partial charge is 0.329 e. The van der Waals surface area contributed by atoms with Crippen molar-refractivity contribution in [2.24, 2.45) is 0 Å². The SMILES string of the molecule is Cc1csc(=O)n1CC(=O)NC1(C(=O)O)CCCCCC1. The molecule has 21 heavy (non-hydrogen) atoms. The molecule has 116 valence electrons. The molecule has 2 N–H and O–H groups in total. The molecule has 1 heterocycles. The van der Waals surface area contributed by atoms with Crippen LogP contribution < -0.4 is 10.2 Å². The number of aliphatic carboxylic acids is 1. The standard InChI is InChI=1S/C14H20N2O4S/c1-10-9-21-13(20)16(10)8-11(17)15-14(12(18)19)6-4-2-3-5-7-14/h9H,2-8H2,1H3,(H,15,17)(H,18,19). The van der Waals surface area contributed by atoms with Gasteiger partial charge in [-0.05, 0) is 19.8 Å². The summed E-state index contributed by atoms with van der Waals surface area (Å²) in [4.78, 5) is 35.2. The number of hydrogen-bond acceptors (Lipinski definition) is 4. The lowest BCUT2D eigenvalue weighted by Crippen LogP contribution is -2.55. The van der Waals surface area contributed by atoms with Crippen LogP contribution in [0.1, 0.15) is 44.2 Å². The Bertz CT molecular complexity index is 582. The Kier molecular flexibility index (Phi) is 4.82. The highest BCUT2D eigenvalue weighted by Crippen LogP contribution is 2.27. The lowest BCUT2D eigenvalue weighted by Gasteiger charge is -2.29. The van der Waals surface area contributed by atoms with Crippen molar-refractivity contribution in [2.75, 3.05) is 0 Å². The molecule has 0 aliphatic heterocycles. The Morgan fingerprint density at radius 3 is 2.43 bits per heavy atom. The van der Waals surface area contributed by atoms with Crippen molar-refractivity contribution in [3.05, 3.63) is 20.7 Å². The number of rotatable bonds is 4. The fourth-order valence-electron chi connectivity index (χ4n) is 2.77. The molecule has 0 spiro atoms. The predicted molar refractivity (Wildman–Crippen MR) is 79.5 cm³/mol. The molecule has 6 nitrogen and oxygen atoms in total. The minimum atomic E-state index is -1.18. The van der Waals surface area contributed by atoms with Crippen LogP contribution >= 0.6 is 11.3 Å². The van der Waals surface area contributed by atoms with E-state index in [0.29, 0.717) is 18.5 Å². The van der Waals surface area contributed by atoms with Crippen LogP contribution in [0.4, 0.5) is 0 Å². The maximum atomic E-state index is 12.2. The van der Waals surface area contributed by atoms with E-state index >= 15 is 0 Å². The number of amides is 1. The van der Waals surface area contributed by atoms with Crippen LogP contribution in [0.15, 0.2) is 10.2 Å². The van der Waals surface area contributed by atoms with Gasteiger partial charge in [-0.3, -0.25) is 14.2 Å². The minimum Gasteiger partial charge on any atom is -0.480 e. The molecular weight excluding hydrogens is 292 g/mol. The number of carbonyl (C=O) groups excluding carboxylic acids is 1. The van der Waals surface area contributed by atoms with Gasteiger partial charge in [0.1, 0.15) is 12.1 Å². The molecule has 0 aromatic carbocycles. The Labute approximate surface area is 126 Å². The molecule has 1 aliphatic carbocycles. The largest absolute Gasteiger partial charge is 0.480 e. The molecule has 1 aromatic rings. The summed E-state index contributed by atoms with van der Waals surface area (Å²) >= 11 is 1.04. The highest BCUT2D eigenvalue weighted by Gasteiger charge is 2.40. The minimum absolute atomic E-state index is 0.122. The van der Waals surface area contributed by atoms with Gasteiger partial charge in [-0.25, -0.2) is 4.79 Å². The summed E-state index contributed by atoms with van der Waals surface area (Å²) in [5.41, 5.74) is -0.466. The molecule has 7 heteroatoms. The number of thiazole rings is 1. The van der Waals surface area contributed by atoms with Gasteiger partial charge in [0.2, 0.25) is 5.91 Å². The monoisotopic (exact) mass is 312 g/mol. The summed E-state index contributed by atoms with van der Waals surface area (Å²) in [7, 11) is 0. The fourth-order valence-corrected chi connectivity index (χ4v) is 3.51. The van der Waals surface area contributed by atoms with Gasteiger partial charge in [0, 0.05) is 11.1 Å². The zero-order valence-electron chi connectivity index (χ0n) is 12.1. The molecule has 0 unspecified atom stereocenters. The van der Waals surface area contributed by atoms with Crippen molar-refractivity contribution >= 4 is 23.2 Å². The van der Waals surface area contributed by atoms with Crippen LogP contribution in [0, 0.1) is 6.92 Å². The van der Waals surface area contributed by atoms with E-state index in [1.807, 2.05) is 0 Å². The van der Waals surface area contributed by atoms with Crippen LogP contribution in [-0.2, 0) is 16.1 Å². The summed E-state index contributed by atoms with van der Waals surface area (Å²) in [6.45, 7) is 1.63. The highest BCUT2D eigenvalue weighted by molar-refractivity contribution is 7.07. The molecule has 0 bridgehead atoms. The van der Waals surface area contributed by atoms with Gasteiger partial charge in [0.05, 0.1) is 0 Å². The van der Waals surface area contributed by atoms with Crippen LogP contribution in [-0.4, -0.2) is 27.1 Å². The second-order valence-corrected chi connectivity index (χ2v) is 6.40.